The number of hydrogen-bond acceptors (Lipinski definition) is 2. The van der Waals surface area contributed by atoms with Gasteiger partial charge in [-0.2, -0.15) is 0 Å². The molecule has 1 aromatic rings. The molecule has 1 aromatic carbocycles. The molecule has 0 saturated carbocycles. The molecule has 0 aliphatic rings. The average molecular weight is 256 g/mol. The summed E-state index contributed by atoms with van der Waals surface area (Å²) in [6, 6.07) is 4.10. The summed E-state index contributed by atoms with van der Waals surface area (Å²) >= 11 is 0. The van der Waals surface area contributed by atoms with E-state index >= 15 is 0 Å². The molecular weight excluding hydrogens is 234 g/mol. The number of benzene rings is 1. The lowest BCUT2D eigenvalue weighted by Crippen LogP contribution is -2.31. The molecule has 4 heteroatoms. The molecule has 0 aliphatic heterocycles. The van der Waals surface area contributed by atoms with E-state index in [4.69, 9.17) is 0 Å². The molecule has 1 N–H and O–H groups in total. The number of likely N-dealkylation sites (N-methyl/N-ethyl adjacent to an activating group) is 1. The van der Waals surface area contributed by atoms with Gasteiger partial charge >= 0.3 is 0 Å². The van der Waals surface area contributed by atoms with Crippen LogP contribution in [0, 0.1) is 11.6 Å². The molecule has 0 aromatic heterocycles. The lowest BCUT2D eigenvalue weighted by Gasteiger charge is -2.16. The molecule has 0 fully saturated rings. The van der Waals surface area contributed by atoms with E-state index in [-0.39, 0.29) is 0 Å². The van der Waals surface area contributed by atoms with Crippen molar-refractivity contribution in [1.29, 1.82) is 0 Å². The minimum absolute atomic E-state index is 0.738. The first-order chi connectivity index (χ1) is 8.63. The molecule has 0 spiro atoms. The third-order valence-corrected chi connectivity index (χ3v) is 2.86. The minimum Gasteiger partial charge on any atom is -0.315 e. The van der Waals surface area contributed by atoms with Crippen LogP contribution in [-0.2, 0) is 6.42 Å². The molecule has 0 bridgehead atoms. The smallest absolute Gasteiger partial charge is 0.159 e. The third-order valence-electron chi connectivity index (χ3n) is 2.86. The first-order valence-corrected chi connectivity index (χ1v) is 6.46. The molecule has 1 rings (SSSR count). The van der Waals surface area contributed by atoms with Crippen molar-refractivity contribution in [3.8, 4) is 0 Å². The Morgan fingerprint density at radius 2 is 1.89 bits per heavy atom. The van der Waals surface area contributed by atoms with Gasteiger partial charge in [-0.15, -0.1) is 0 Å². The average Bonchev–Trinajstić information content (AvgIpc) is 2.36. The maximum atomic E-state index is 13.0. The minimum atomic E-state index is -0.782. The quantitative estimate of drug-likeness (QED) is 0.719. The standard InChI is InChI=1S/C14H22F2N2/c1-3-7-17-8-10-18(2)9-6-12-4-5-13(15)14(16)11-12/h4-5,11,17H,3,6-10H2,1-2H3. The van der Waals surface area contributed by atoms with Crippen molar-refractivity contribution >= 4 is 0 Å². The van der Waals surface area contributed by atoms with Crippen LogP contribution in [0.5, 0.6) is 0 Å². The molecule has 0 aliphatic carbocycles. The zero-order valence-electron chi connectivity index (χ0n) is 11.2. The number of halogens is 2. The Bertz CT molecular complexity index is 356. The Balaban J connectivity index is 2.24. The summed E-state index contributed by atoms with van der Waals surface area (Å²) in [6.07, 6.45) is 1.88. The fourth-order valence-corrected chi connectivity index (χ4v) is 1.70. The van der Waals surface area contributed by atoms with Gasteiger partial charge in [0.2, 0.25) is 0 Å². The highest BCUT2D eigenvalue weighted by Gasteiger charge is 2.04. The fourth-order valence-electron chi connectivity index (χ4n) is 1.70. The zero-order valence-corrected chi connectivity index (χ0v) is 11.2. The van der Waals surface area contributed by atoms with Gasteiger partial charge in [0.15, 0.2) is 11.6 Å². The second kappa shape index (κ2) is 8.16. The highest BCUT2D eigenvalue weighted by molar-refractivity contribution is 5.18. The molecule has 0 radical (unpaired) electrons. The number of rotatable bonds is 8. The molecule has 0 saturated heterocycles. The van der Waals surface area contributed by atoms with E-state index in [1.165, 1.54) is 12.1 Å². The Labute approximate surface area is 108 Å². The van der Waals surface area contributed by atoms with E-state index in [2.05, 4.69) is 17.1 Å². The first kappa shape index (κ1) is 15.1. The largest absolute Gasteiger partial charge is 0.315 e. The third kappa shape index (κ3) is 5.56. The van der Waals surface area contributed by atoms with Crippen molar-refractivity contribution in [2.75, 3.05) is 33.2 Å². The number of hydrogen-bond donors (Lipinski definition) is 1. The second-order valence-corrected chi connectivity index (χ2v) is 4.55. The molecule has 0 unspecified atom stereocenters. The predicted molar refractivity (Wildman–Crippen MR) is 70.7 cm³/mol. The van der Waals surface area contributed by atoms with Crippen LogP contribution >= 0.6 is 0 Å². The Hall–Kier alpha value is -1.00. The number of nitrogens with one attached hydrogen (secondary N) is 1. The van der Waals surface area contributed by atoms with Crippen molar-refractivity contribution in [3.05, 3.63) is 35.4 Å². The Morgan fingerprint density at radius 1 is 1.11 bits per heavy atom. The van der Waals surface area contributed by atoms with Gasteiger partial charge in [0.05, 0.1) is 0 Å². The van der Waals surface area contributed by atoms with Crippen LogP contribution < -0.4 is 5.32 Å². The summed E-state index contributed by atoms with van der Waals surface area (Å²) in [6.45, 7) is 5.95. The molecule has 2 nitrogen and oxygen atoms in total. The first-order valence-electron chi connectivity index (χ1n) is 6.46. The highest BCUT2D eigenvalue weighted by Crippen LogP contribution is 2.09. The van der Waals surface area contributed by atoms with Crippen LogP contribution in [0.25, 0.3) is 0 Å². The second-order valence-electron chi connectivity index (χ2n) is 4.55. The maximum absolute atomic E-state index is 13.0. The summed E-state index contributed by atoms with van der Waals surface area (Å²) in [5.41, 5.74) is 0.835. The van der Waals surface area contributed by atoms with E-state index in [1.54, 1.807) is 6.07 Å². The summed E-state index contributed by atoms with van der Waals surface area (Å²) in [5.74, 6) is -1.55. The topological polar surface area (TPSA) is 15.3 Å². The Kier molecular flexibility index (Phi) is 6.83. The lowest BCUT2D eigenvalue weighted by molar-refractivity contribution is 0.335. The van der Waals surface area contributed by atoms with Crippen molar-refractivity contribution in [3.63, 3.8) is 0 Å². The monoisotopic (exact) mass is 256 g/mol. The van der Waals surface area contributed by atoms with E-state index < -0.39 is 11.6 Å². The molecule has 0 amide bonds. The van der Waals surface area contributed by atoms with Crippen LogP contribution in [0.15, 0.2) is 18.2 Å². The van der Waals surface area contributed by atoms with Crippen LogP contribution in [0.3, 0.4) is 0 Å². The fraction of sp³-hybridized carbons (Fsp3) is 0.571. The van der Waals surface area contributed by atoms with Gasteiger partial charge in [0, 0.05) is 19.6 Å². The molecule has 0 heterocycles. The molecule has 0 atom stereocenters. The van der Waals surface area contributed by atoms with Crippen LogP contribution in [0.1, 0.15) is 18.9 Å². The summed E-state index contributed by atoms with van der Waals surface area (Å²) < 4.78 is 25.7. The predicted octanol–water partition coefficient (Wildman–Crippen LogP) is 2.44. The van der Waals surface area contributed by atoms with E-state index in [9.17, 15) is 8.78 Å². The highest BCUT2D eigenvalue weighted by atomic mass is 19.2. The lowest BCUT2D eigenvalue weighted by atomic mass is 10.1. The molecule has 102 valence electrons. The van der Waals surface area contributed by atoms with Crippen molar-refractivity contribution in [2.24, 2.45) is 0 Å². The van der Waals surface area contributed by atoms with Gasteiger partial charge in [-0.1, -0.05) is 13.0 Å². The van der Waals surface area contributed by atoms with Gasteiger partial charge in [-0.25, -0.2) is 8.78 Å². The zero-order chi connectivity index (χ0) is 13.4. The van der Waals surface area contributed by atoms with Gasteiger partial charge in [-0.05, 0) is 44.1 Å². The van der Waals surface area contributed by atoms with Gasteiger partial charge in [0.1, 0.15) is 0 Å². The van der Waals surface area contributed by atoms with Crippen molar-refractivity contribution in [1.82, 2.24) is 10.2 Å². The van der Waals surface area contributed by atoms with Crippen LogP contribution in [0.4, 0.5) is 8.78 Å². The Morgan fingerprint density at radius 3 is 2.56 bits per heavy atom. The van der Waals surface area contributed by atoms with Crippen LogP contribution in [-0.4, -0.2) is 38.1 Å². The van der Waals surface area contributed by atoms with E-state index in [0.717, 1.165) is 44.6 Å². The van der Waals surface area contributed by atoms with Crippen LogP contribution in [0.2, 0.25) is 0 Å². The maximum Gasteiger partial charge on any atom is 0.159 e. The van der Waals surface area contributed by atoms with Crippen molar-refractivity contribution < 1.29 is 8.78 Å². The van der Waals surface area contributed by atoms with E-state index in [0.29, 0.717) is 0 Å². The summed E-state index contributed by atoms with van der Waals surface area (Å²) in [7, 11) is 2.04. The van der Waals surface area contributed by atoms with Gasteiger partial charge < -0.3 is 10.2 Å². The number of nitrogens with zero attached hydrogens (tertiary/aromatic N) is 1. The van der Waals surface area contributed by atoms with Gasteiger partial charge in [-0.3, -0.25) is 0 Å². The summed E-state index contributed by atoms with van der Waals surface area (Å²) in [4.78, 5) is 2.18. The van der Waals surface area contributed by atoms with Gasteiger partial charge in [0.25, 0.3) is 0 Å². The normalized spacial score (nSPS) is 11.2. The summed E-state index contributed by atoms with van der Waals surface area (Å²) in [5, 5.41) is 3.33. The molecule has 18 heavy (non-hydrogen) atoms. The SMILES string of the molecule is CCCNCCN(C)CCc1ccc(F)c(F)c1. The molecular formula is C14H22F2N2. The van der Waals surface area contributed by atoms with Crippen molar-refractivity contribution in [2.45, 2.75) is 19.8 Å². The van der Waals surface area contributed by atoms with E-state index in [1.807, 2.05) is 7.05 Å².